The molecule has 0 spiro atoms. The molecule has 1 aromatic rings. The molecule has 9 nitrogen and oxygen atoms in total. The highest BCUT2D eigenvalue weighted by Gasteiger charge is 2.57. The number of piperazine rings is 1. The van der Waals surface area contributed by atoms with Gasteiger partial charge in [-0.1, -0.05) is 6.07 Å². The summed E-state index contributed by atoms with van der Waals surface area (Å²) in [4.78, 5) is 43.9. The minimum absolute atomic E-state index is 0.0498. The van der Waals surface area contributed by atoms with E-state index in [1.807, 2.05) is 25.8 Å². The maximum Gasteiger partial charge on any atom is 0.236 e. The normalized spacial score (nSPS) is 29.9. The van der Waals surface area contributed by atoms with E-state index in [1.165, 1.54) is 0 Å². The molecular formula is C29H35N5O4. The second-order valence-corrected chi connectivity index (χ2v) is 11.3. The zero-order valence-electron chi connectivity index (χ0n) is 22.8. The summed E-state index contributed by atoms with van der Waals surface area (Å²) in [5, 5.41) is 24.7. The molecular weight excluding hydrogens is 482 g/mol. The quantitative estimate of drug-likeness (QED) is 0.513. The van der Waals surface area contributed by atoms with Gasteiger partial charge in [0.15, 0.2) is 11.6 Å². The van der Waals surface area contributed by atoms with E-state index >= 15 is 0 Å². The SMILES string of the molecule is CC1=C(C)C(=O)C2=C(CC3[C@H]4c5c(cc(C)c(C)c5O)C[C@H](C(C#N)N3[C@H]2CNC(=O)[C@H](C)N)N4C)C1=O. The second kappa shape index (κ2) is 9.16. The molecule has 200 valence electrons. The van der Waals surface area contributed by atoms with Crippen molar-refractivity contribution >= 4 is 17.5 Å². The number of nitriles is 1. The lowest BCUT2D eigenvalue weighted by molar-refractivity contribution is -0.124. The van der Waals surface area contributed by atoms with Gasteiger partial charge in [-0.3, -0.25) is 24.2 Å². The number of hydrogen-bond acceptors (Lipinski definition) is 8. The predicted molar refractivity (Wildman–Crippen MR) is 141 cm³/mol. The number of fused-ring (bicyclic) bond motifs is 6. The highest BCUT2D eigenvalue weighted by Crippen LogP contribution is 2.52. The highest BCUT2D eigenvalue weighted by atomic mass is 16.3. The number of allylic oxidation sites excluding steroid dienone is 2. The van der Waals surface area contributed by atoms with Gasteiger partial charge in [-0.25, -0.2) is 0 Å². The average Bonchev–Trinajstić information content (AvgIpc) is 2.88. The molecule has 1 aromatic carbocycles. The van der Waals surface area contributed by atoms with Gasteiger partial charge < -0.3 is 16.2 Å². The number of aromatic hydroxyl groups is 1. The molecule has 2 bridgehead atoms. The van der Waals surface area contributed by atoms with Crippen LogP contribution in [0.3, 0.4) is 0 Å². The van der Waals surface area contributed by atoms with Gasteiger partial charge in [0.05, 0.1) is 24.2 Å². The van der Waals surface area contributed by atoms with Gasteiger partial charge in [0.2, 0.25) is 5.91 Å². The Labute approximate surface area is 223 Å². The first-order chi connectivity index (χ1) is 17.9. The van der Waals surface area contributed by atoms with Gasteiger partial charge in [0, 0.05) is 46.5 Å². The number of phenolic OH excluding ortho intramolecular Hbond substituents is 1. The molecule has 1 amide bonds. The summed E-state index contributed by atoms with van der Waals surface area (Å²) in [5.74, 6) is -0.514. The number of aryl methyl sites for hydroxylation is 1. The van der Waals surface area contributed by atoms with E-state index in [0.717, 1.165) is 22.3 Å². The number of amides is 1. The first-order valence-electron chi connectivity index (χ1n) is 13.1. The molecule has 0 saturated carbocycles. The molecule has 3 aliphatic heterocycles. The zero-order valence-corrected chi connectivity index (χ0v) is 22.8. The number of phenols is 1. The van der Waals surface area contributed by atoms with Crippen LogP contribution in [0.15, 0.2) is 28.4 Å². The molecule has 6 atom stereocenters. The number of hydrogen-bond donors (Lipinski definition) is 3. The van der Waals surface area contributed by atoms with Crippen LogP contribution in [0, 0.1) is 25.2 Å². The number of benzene rings is 1. The van der Waals surface area contributed by atoms with E-state index in [1.54, 1.807) is 20.8 Å². The molecule has 4 N–H and O–H groups in total. The Kier molecular flexibility index (Phi) is 6.33. The summed E-state index contributed by atoms with van der Waals surface area (Å²) in [5.41, 5.74) is 11.1. The lowest BCUT2D eigenvalue weighted by Gasteiger charge is -2.60. The fraction of sp³-hybridized carbons (Fsp3) is 0.517. The minimum atomic E-state index is -0.746. The molecule has 5 rings (SSSR count). The largest absolute Gasteiger partial charge is 0.507 e. The smallest absolute Gasteiger partial charge is 0.236 e. The Morgan fingerprint density at radius 1 is 1.18 bits per heavy atom. The van der Waals surface area contributed by atoms with Crippen LogP contribution < -0.4 is 11.1 Å². The molecule has 1 fully saturated rings. The molecule has 1 saturated heterocycles. The summed E-state index contributed by atoms with van der Waals surface area (Å²) < 4.78 is 0. The maximum absolute atomic E-state index is 13.7. The second-order valence-electron chi connectivity index (χ2n) is 11.3. The number of carbonyl (C=O) groups excluding carboxylic acids is 3. The molecule has 4 aliphatic rings. The van der Waals surface area contributed by atoms with Crippen molar-refractivity contribution < 1.29 is 19.5 Å². The highest BCUT2D eigenvalue weighted by molar-refractivity contribution is 6.25. The Morgan fingerprint density at radius 3 is 2.47 bits per heavy atom. The average molecular weight is 518 g/mol. The fourth-order valence-electron chi connectivity index (χ4n) is 6.93. The monoisotopic (exact) mass is 517 g/mol. The molecule has 1 aliphatic carbocycles. The third-order valence-corrected chi connectivity index (χ3v) is 9.27. The molecule has 3 heterocycles. The van der Waals surface area contributed by atoms with E-state index in [-0.39, 0.29) is 54.3 Å². The number of Topliss-reactive ketones (excluding diaryl/α,β-unsaturated/α-hetero) is 2. The number of nitrogens with zero attached hydrogens (tertiary/aromatic N) is 3. The van der Waals surface area contributed by atoms with Crippen molar-refractivity contribution in [2.24, 2.45) is 5.73 Å². The Bertz CT molecular complexity index is 1380. The number of nitrogens with one attached hydrogen (secondary N) is 1. The van der Waals surface area contributed by atoms with Crippen LogP contribution in [0.25, 0.3) is 0 Å². The van der Waals surface area contributed by atoms with E-state index in [4.69, 9.17) is 5.73 Å². The third kappa shape index (κ3) is 3.58. The summed E-state index contributed by atoms with van der Waals surface area (Å²) in [6.45, 7) is 8.82. The molecule has 2 unspecified atom stereocenters. The fourth-order valence-corrected chi connectivity index (χ4v) is 6.93. The van der Waals surface area contributed by atoms with Gasteiger partial charge in [-0.15, -0.1) is 0 Å². The van der Waals surface area contributed by atoms with Crippen molar-refractivity contribution in [3.8, 4) is 11.8 Å². The number of rotatable bonds is 3. The van der Waals surface area contributed by atoms with Crippen LogP contribution in [-0.2, 0) is 20.8 Å². The van der Waals surface area contributed by atoms with Crippen molar-refractivity contribution in [1.29, 1.82) is 5.26 Å². The van der Waals surface area contributed by atoms with E-state index in [2.05, 4.69) is 22.4 Å². The minimum Gasteiger partial charge on any atom is -0.507 e. The van der Waals surface area contributed by atoms with Crippen molar-refractivity contribution in [1.82, 2.24) is 15.1 Å². The van der Waals surface area contributed by atoms with Crippen molar-refractivity contribution in [3.63, 3.8) is 0 Å². The number of likely N-dealkylation sites (N-methyl/N-ethyl adjacent to an activating group) is 1. The van der Waals surface area contributed by atoms with Gasteiger partial charge in [0.25, 0.3) is 0 Å². The summed E-state index contributed by atoms with van der Waals surface area (Å²) in [7, 11) is 1.97. The first kappa shape index (κ1) is 26.3. The Morgan fingerprint density at radius 2 is 1.84 bits per heavy atom. The number of carbonyl (C=O) groups is 3. The molecule has 9 heteroatoms. The lowest BCUT2D eigenvalue weighted by atomic mass is 9.69. The van der Waals surface area contributed by atoms with Gasteiger partial charge in [-0.2, -0.15) is 5.26 Å². The predicted octanol–water partition coefficient (Wildman–Crippen LogP) is 1.50. The lowest BCUT2D eigenvalue weighted by Crippen LogP contribution is -2.71. The van der Waals surface area contributed by atoms with Crippen LogP contribution in [0.2, 0.25) is 0 Å². The van der Waals surface area contributed by atoms with Gasteiger partial charge in [-0.05, 0) is 71.2 Å². The molecule has 38 heavy (non-hydrogen) atoms. The number of nitrogens with two attached hydrogens (primary N) is 1. The van der Waals surface area contributed by atoms with Crippen molar-refractivity contribution in [2.75, 3.05) is 13.6 Å². The van der Waals surface area contributed by atoms with E-state index in [9.17, 15) is 24.8 Å². The standard InChI is InChI=1S/C29H35N5O4/c1-12-7-17-8-19-21(10-30)34-20(25(33(19)6)23(17)27(36)13(12)2)9-18-24(22(34)11-32-29(38)16(5)31)28(37)15(4)14(3)26(18)35/h7,16,19-22,25,36H,8-9,11,31H2,1-6H3,(H,32,38)/t16-,19+,20?,21?,22-,25-/m0/s1. The summed E-state index contributed by atoms with van der Waals surface area (Å²) in [6.07, 6.45) is 0.835. The van der Waals surface area contributed by atoms with Crippen LogP contribution in [0.1, 0.15) is 55.5 Å². The molecule has 0 aromatic heterocycles. The van der Waals surface area contributed by atoms with Crippen LogP contribution in [0.5, 0.6) is 5.75 Å². The van der Waals surface area contributed by atoms with Crippen LogP contribution in [0.4, 0.5) is 0 Å². The van der Waals surface area contributed by atoms with Crippen molar-refractivity contribution in [2.45, 2.75) is 83.7 Å². The first-order valence-corrected chi connectivity index (χ1v) is 13.1. The maximum atomic E-state index is 13.7. The van der Waals surface area contributed by atoms with Gasteiger partial charge in [0.1, 0.15) is 11.8 Å². The van der Waals surface area contributed by atoms with Gasteiger partial charge >= 0.3 is 0 Å². The van der Waals surface area contributed by atoms with E-state index in [0.29, 0.717) is 28.7 Å². The summed E-state index contributed by atoms with van der Waals surface area (Å²) in [6, 6.07) is 1.71. The Hall–Kier alpha value is -3.32. The summed E-state index contributed by atoms with van der Waals surface area (Å²) >= 11 is 0. The third-order valence-electron chi connectivity index (χ3n) is 9.27. The molecule has 0 radical (unpaired) electrons. The van der Waals surface area contributed by atoms with Crippen molar-refractivity contribution in [3.05, 3.63) is 50.6 Å². The Balaban J connectivity index is 1.72. The topological polar surface area (TPSA) is 140 Å². The number of ketones is 2. The van der Waals surface area contributed by atoms with E-state index < -0.39 is 18.1 Å². The van der Waals surface area contributed by atoms with Crippen LogP contribution >= 0.6 is 0 Å². The van der Waals surface area contributed by atoms with Crippen LogP contribution in [-0.4, -0.2) is 76.2 Å². The zero-order chi connectivity index (χ0) is 27.8.